The van der Waals surface area contributed by atoms with E-state index in [1.165, 1.54) is 12.8 Å². The van der Waals surface area contributed by atoms with Crippen LogP contribution in [0.4, 0.5) is 0 Å². The Bertz CT molecular complexity index is 235. The van der Waals surface area contributed by atoms with Gasteiger partial charge >= 0.3 is 0 Å². The van der Waals surface area contributed by atoms with Crippen LogP contribution in [-0.4, -0.2) is 37.0 Å². The number of piperidine rings is 1. The van der Waals surface area contributed by atoms with E-state index in [0.717, 1.165) is 25.9 Å². The van der Waals surface area contributed by atoms with Crippen LogP contribution in [0, 0.1) is 11.8 Å². The minimum Gasteiger partial charge on any atom is -0.342 e. The van der Waals surface area contributed by atoms with E-state index in [2.05, 4.69) is 17.1 Å². The molecule has 2 fully saturated rings. The highest BCUT2D eigenvalue weighted by atomic mass is 35.5. The molecule has 3 nitrogen and oxygen atoms in total. The largest absolute Gasteiger partial charge is 0.342 e. The van der Waals surface area contributed by atoms with Crippen molar-refractivity contribution in [3.8, 4) is 0 Å². The first-order valence-electron chi connectivity index (χ1n) is 6.18. The van der Waals surface area contributed by atoms with Crippen LogP contribution >= 0.6 is 12.4 Å². The number of carbonyl (C=O) groups is 1. The molecule has 1 aliphatic carbocycles. The molecule has 1 saturated carbocycles. The molecular formula is C12H23ClN2O. The first-order chi connectivity index (χ1) is 7.22. The molecule has 16 heavy (non-hydrogen) atoms. The quantitative estimate of drug-likeness (QED) is 0.822. The predicted octanol–water partition coefficient (Wildman–Crippen LogP) is 1.66. The maximum Gasteiger partial charge on any atom is 0.225 e. The van der Waals surface area contributed by atoms with Gasteiger partial charge in [-0.2, -0.15) is 0 Å². The van der Waals surface area contributed by atoms with Gasteiger partial charge in [-0.25, -0.2) is 0 Å². The highest BCUT2D eigenvalue weighted by Gasteiger charge is 2.35. The van der Waals surface area contributed by atoms with Gasteiger partial charge in [-0.3, -0.25) is 4.79 Å². The highest BCUT2D eigenvalue weighted by molar-refractivity contribution is 5.85. The summed E-state index contributed by atoms with van der Waals surface area (Å²) in [7, 11) is 2.01. The van der Waals surface area contributed by atoms with Crippen LogP contribution in [0.15, 0.2) is 0 Å². The first kappa shape index (κ1) is 13.8. The normalized spacial score (nSPS) is 23.8. The Kier molecular flexibility index (Phi) is 5.06. The van der Waals surface area contributed by atoms with Gasteiger partial charge in [0.25, 0.3) is 0 Å². The van der Waals surface area contributed by atoms with Crippen molar-refractivity contribution in [1.29, 1.82) is 0 Å². The summed E-state index contributed by atoms with van der Waals surface area (Å²) in [6.07, 6.45) is 4.75. The summed E-state index contributed by atoms with van der Waals surface area (Å²) in [5.41, 5.74) is 0. The van der Waals surface area contributed by atoms with Gasteiger partial charge in [-0.1, -0.05) is 6.92 Å². The fraction of sp³-hybridized carbons (Fsp3) is 0.917. The summed E-state index contributed by atoms with van der Waals surface area (Å²) in [6, 6.07) is 0.616. The Labute approximate surface area is 104 Å². The van der Waals surface area contributed by atoms with Gasteiger partial charge in [0, 0.05) is 25.0 Å². The van der Waals surface area contributed by atoms with Crippen molar-refractivity contribution in [3.63, 3.8) is 0 Å². The summed E-state index contributed by atoms with van der Waals surface area (Å²) < 4.78 is 0. The maximum atomic E-state index is 12.1. The van der Waals surface area contributed by atoms with Crippen molar-refractivity contribution >= 4 is 18.3 Å². The van der Waals surface area contributed by atoms with Gasteiger partial charge in [0.1, 0.15) is 0 Å². The number of hydrogen-bond acceptors (Lipinski definition) is 2. The number of hydrogen-bond donors (Lipinski definition) is 1. The van der Waals surface area contributed by atoms with Crippen LogP contribution in [-0.2, 0) is 4.79 Å². The molecule has 94 valence electrons. The van der Waals surface area contributed by atoms with E-state index in [0.29, 0.717) is 17.9 Å². The standard InChI is InChI=1S/C12H22N2O.ClH/c1-9(10-3-4-10)12(15)14-7-5-11(13-2)6-8-14;/h9-11,13H,3-8H2,1-2H3;1H. The van der Waals surface area contributed by atoms with E-state index in [-0.39, 0.29) is 18.3 Å². The van der Waals surface area contributed by atoms with Crippen molar-refractivity contribution in [1.82, 2.24) is 10.2 Å². The zero-order chi connectivity index (χ0) is 10.8. The van der Waals surface area contributed by atoms with Gasteiger partial charge in [-0.05, 0) is 38.6 Å². The smallest absolute Gasteiger partial charge is 0.225 e. The summed E-state index contributed by atoms with van der Waals surface area (Å²) in [5, 5.41) is 3.29. The molecule has 1 heterocycles. The Morgan fingerprint density at radius 2 is 1.81 bits per heavy atom. The molecule has 0 aromatic rings. The number of halogens is 1. The summed E-state index contributed by atoms with van der Waals surface area (Å²) in [5.74, 6) is 1.36. The van der Waals surface area contributed by atoms with E-state index in [1.54, 1.807) is 0 Å². The van der Waals surface area contributed by atoms with Crippen molar-refractivity contribution in [2.75, 3.05) is 20.1 Å². The molecule has 0 aromatic heterocycles. The second-order valence-corrected chi connectivity index (χ2v) is 5.01. The Morgan fingerprint density at radius 3 is 2.25 bits per heavy atom. The van der Waals surface area contributed by atoms with E-state index in [1.807, 2.05) is 7.05 Å². The maximum absolute atomic E-state index is 12.1. The average molecular weight is 247 g/mol. The summed E-state index contributed by atoms with van der Waals surface area (Å²) >= 11 is 0. The van der Waals surface area contributed by atoms with Gasteiger partial charge in [-0.15, -0.1) is 12.4 Å². The monoisotopic (exact) mass is 246 g/mol. The number of nitrogens with zero attached hydrogens (tertiary/aromatic N) is 1. The number of carbonyl (C=O) groups excluding carboxylic acids is 1. The topological polar surface area (TPSA) is 32.3 Å². The first-order valence-corrected chi connectivity index (χ1v) is 6.18. The Hall–Kier alpha value is -0.280. The molecule has 1 N–H and O–H groups in total. The molecule has 2 aliphatic rings. The van der Waals surface area contributed by atoms with Crippen LogP contribution in [0.2, 0.25) is 0 Å². The van der Waals surface area contributed by atoms with E-state index >= 15 is 0 Å². The summed E-state index contributed by atoms with van der Waals surface area (Å²) in [4.78, 5) is 14.1. The molecule has 0 radical (unpaired) electrons. The minimum absolute atomic E-state index is 0. The van der Waals surface area contributed by atoms with E-state index in [4.69, 9.17) is 0 Å². The lowest BCUT2D eigenvalue weighted by molar-refractivity contribution is -0.136. The minimum atomic E-state index is 0. The molecule has 0 spiro atoms. The molecule has 1 atom stereocenters. The molecule has 1 amide bonds. The van der Waals surface area contributed by atoms with Crippen LogP contribution in [0.5, 0.6) is 0 Å². The van der Waals surface area contributed by atoms with Gasteiger partial charge in [0.05, 0.1) is 0 Å². The van der Waals surface area contributed by atoms with Crippen LogP contribution in [0.3, 0.4) is 0 Å². The SMILES string of the molecule is CNC1CCN(C(=O)C(C)C2CC2)CC1.Cl. The zero-order valence-electron chi connectivity index (χ0n) is 10.2. The second kappa shape index (κ2) is 5.87. The predicted molar refractivity (Wildman–Crippen MR) is 67.8 cm³/mol. The van der Waals surface area contributed by atoms with E-state index in [9.17, 15) is 4.79 Å². The third-order valence-electron chi connectivity index (χ3n) is 3.93. The van der Waals surface area contributed by atoms with Crippen molar-refractivity contribution in [3.05, 3.63) is 0 Å². The lowest BCUT2D eigenvalue weighted by Crippen LogP contribution is -2.45. The molecule has 1 aliphatic heterocycles. The fourth-order valence-electron chi connectivity index (χ4n) is 2.47. The van der Waals surface area contributed by atoms with Gasteiger partial charge in [0.15, 0.2) is 0 Å². The molecule has 2 rings (SSSR count). The number of likely N-dealkylation sites (tertiary alicyclic amines) is 1. The van der Waals surface area contributed by atoms with E-state index < -0.39 is 0 Å². The third-order valence-corrected chi connectivity index (χ3v) is 3.93. The lowest BCUT2D eigenvalue weighted by Gasteiger charge is -2.33. The number of amides is 1. The van der Waals surface area contributed by atoms with Crippen LogP contribution in [0.25, 0.3) is 0 Å². The molecule has 0 aromatic carbocycles. The van der Waals surface area contributed by atoms with Crippen molar-refractivity contribution < 1.29 is 4.79 Å². The second-order valence-electron chi connectivity index (χ2n) is 5.01. The highest BCUT2D eigenvalue weighted by Crippen LogP contribution is 2.37. The molecule has 1 saturated heterocycles. The lowest BCUT2D eigenvalue weighted by atomic mass is 10.0. The third kappa shape index (κ3) is 3.11. The Balaban J connectivity index is 0.00000128. The van der Waals surface area contributed by atoms with Gasteiger partial charge < -0.3 is 10.2 Å². The number of rotatable bonds is 3. The van der Waals surface area contributed by atoms with Crippen molar-refractivity contribution in [2.24, 2.45) is 11.8 Å². The average Bonchev–Trinajstić information content (AvgIpc) is 3.11. The summed E-state index contributed by atoms with van der Waals surface area (Å²) in [6.45, 7) is 3.99. The van der Waals surface area contributed by atoms with Crippen molar-refractivity contribution in [2.45, 2.75) is 38.6 Å². The molecule has 0 bridgehead atoms. The van der Waals surface area contributed by atoms with Crippen LogP contribution < -0.4 is 5.32 Å². The van der Waals surface area contributed by atoms with Crippen LogP contribution in [0.1, 0.15) is 32.6 Å². The molecule has 4 heteroatoms. The van der Waals surface area contributed by atoms with Gasteiger partial charge in [0.2, 0.25) is 5.91 Å². The zero-order valence-corrected chi connectivity index (χ0v) is 11.1. The Morgan fingerprint density at radius 1 is 1.25 bits per heavy atom. The molecule has 1 unspecified atom stereocenters. The number of nitrogens with one attached hydrogen (secondary N) is 1. The fourth-order valence-corrected chi connectivity index (χ4v) is 2.47. The molecular weight excluding hydrogens is 224 g/mol.